The minimum atomic E-state index is -0.515. The molecule has 28 heavy (non-hydrogen) atoms. The van der Waals surface area contributed by atoms with Gasteiger partial charge in [0.25, 0.3) is 0 Å². The van der Waals surface area contributed by atoms with Crippen molar-refractivity contribution in [3.8, 4) is 5.75 Å². The van der Waals surface area contributed by atoms with Gasteiger partial charge >= 0.3 is 5.97 Å². The van der Waals surface area contributed by atoms with Crippen LogP contribution in [0.25, 0.3) is 0 Å². The molecule has 1 saturated heterocycles. The Kier molecular flexibility index (Phi) is 5.23. The van der Waals surface area contributed by atoms with Crippen LogP contribution in [0.2, 0.25) is 5.02 Å². The fraction of sp³-hybridized carbons (Fsp3) is 0.421. The number of esters is 1. The van der Waals surface area contributed by atoms with Gasteiger partial charge in [0.05, 0.1) is 23.8 Å². The molecule has 4 rings (SSSR count). The van der Waals surface area contributed by atoms with E-state index in [4.69, 9.17) is 25.8 Å². The van der Waals surface area contributed by atoms with E-state index in [1.807, 2.05) is 13.0 Å². The van der Waals surface area contributed by atoms with Gasteiger partial charge in [0.2, 0.25) is 5.95 Å². The zero-order chi connectivity index (χ0) is 19.7. The lowest BCUT2D eigenvalue weighted by Gasteiger charge is -2.28. The number of ether oxygens (including phenoxy) is 3. The monoisotopic (exact) mass is 404 g/mol. The molecule has 1 fully saturated rings. The summed E-state index contributed by atoms with van der Waals surface area (Å²) in [5.41, 5.74) is 1.90. The summed E-state index contributed by atoms with van der Waals surface area (Å²) in [7, 11) is 1.55. The second-order valence-corrected chi connectivity index (χ2v) is 7.13. The summed E-state index contributed by atoms with van der Waals surface area (Å²) < 4.78 is 18.0. The van der Waals surface area contributed by atoms with E-state index in [1.165, 1.54) is 6.33 Å². The Bertz CT molecular complexity index is 920. The van der Waals surface area contributed by atoms with Gasteiger partial charge in [-0.2, -0.15) is 10.1 Å². The first kappa shape index (κ1) is 18.8. The number of hydrogen-bond acceptors (Lipinski definition) is 7. The normalized spacial score (nSPS) is 21.2. The number of carbonyl (C=O) groups excluding carboxylic acids is 1. The highest BCUT2D eigenvalue weighted by atomic mass is 35.5. The molecule has 0 saturated carbocycles. The number of allylic oxidation sites excluding steroid dienone is 1. The smallest absolute Gasteiger partial charge is 0.338 e. The van der Waals surface area contributed by atoms with E-state index in [2.05, 4.69) is 15.4 Å². The number of rotatable bonds is 5. The molecule has 2 aliphatic heterocycles. The van der Waals surface area contributed by atoms with E-state index in [0.29, 0.717) is 34.6 Å². The highest BCUT2D eigenvalue weighted by molar-refractivity contribution is 6.32. The van der Waals surface area contributed by atoms with Crippen molar-refractivity contribution in [2.75, 3.05) is 25.6 Å². The third kappa shape index (κ3) is 3.45. The van der Waals surface area contributed by atoms with Crippen LogP contribution in [0.15, 0.2) is 35.8 Å². The van der Waals surface area contributed by atoms with Crippen LogP contribution >= 0.6 is 11.6 Å². The lowest BCUT2D eigenvalue weighted by Crippen LogP contribution is -2.30. The first-order valence-corrected chi connectivity index (χ1v) is 9.45. The van der Waals surface area contributed by atoms with Crippen molar-refractivity contribution in [3.63, 3.8) is 0 Å². The number of benzene rings is 1. The minimum absolute atomic E-state index is 0.0442. The number of halogens is 1. The third-order valence-corrected chi connectivity index (χ3v) is 5.23. The molecule has 3 heterocycles. The Morgan fingerprint density at radius 2 is 2.32 bits per heavy atom. The van der Waals surface area contributed by atoms with Gasteiger partial charge in [0.15, 0.2) is 0 Å². The molecule has 2 unspecified atom stereocenters. The quantitative estimate of drug-likeness (QED) is 0.766. The summed E-state index contributed by atoms with van der Waals surface area (Å²) in [6.07, 6.45) is 3.28. The highest BCUT2D eigenvalue weighted by Crippen LogP contribution is 2.37. The minimum Gasteiger partial charge on any atom is -0.495 e. The molecule has 9 heteroatoms. The van der Waals surface area contributed by atoms with Crippen LogP contribution in [0.4, 0.5) is 5.95 Å². The van der Waals surface area contributed by atoms with E-state index < -0.39 is 12.0 Å². The van der Waals surface area contributed by atoms with Gasteiger partial charge in [-0.15, -0.1) is 0 Å². The number of hydrogen-bond donors (Lipinski definition) is 1. The zero-order valence-electron chi connectivity index (χ0n) is 15.6. The van der Waals surface area contributed by atoms with Gasteiger partial charge in [-0.1, -0.05) is 17.7 Å². The van der Waals surface area contributed by atoms with Crippen LogP contribution in [0.3, 0.4) is 0 Å². The van der Waals surface area contributed by atoms with Gasteiger partial charge in [0.1, 0.15) is 24.7 Å². The summed E-state index contributed by atoms with van der Waals surface area (Å²) in [4.78, 5) is 17.2. The average molecular weight is 405 g/mol. The molecule has 2 aromatic rings. The Labute approximate surface area is 167 Å². The summed E-state index contributed by atoms with van der Waals surface area (Å²) in [6, 6.07) is 4.87. The molecule has 0 bridgehead atoms. The lowest BCUT2D eigenvalue weighted by atomic mass is 9.95. The van der Waals surface area contributed by atoms with Crippen molar-refractivity contribution in [3.05, 3.63) is 46.4 Å². The lowest BCUT2D eigenvalue weighted by molar-refractivity contribution is -0.142. The van der Waals surface area contributed by atoms with Crippen LogP contribution in [-0.2, 0) is 14.3 Å². The van der Waals surface area contributed by atoms with Crippen molar-refractivity contribution < 1.29 is 19.0 Å². The number of nitrogens with one attached hydrogen (secondary N) is 1. The van der Waals surface area contributed by atoms with E-state index in [-0.39, 0.29) is 12.7 Å². The number of nitrogens with zero attached hydrogens (tertiary/aromatic N) is 3. The summed E-state index contributed by atoms with van der Waals surface area (Å²) in [5.74, 6) is 0.685. The summed E-state index contributed by atoms with van der Waals surface area (Å²) in [6.45, 7) is 2.76. The molecule has 0 aliphatic carbocycles. The maximum Gasteiger partial charge on any atom is 0.338 e. The van der Waals surface area contributed by atoms with Gasteiger partial charge in [0, 0.05) is 12.3 Å². The van der Waals surface area contributed by atoms with E-state index in [0.717, 1.165) is 18.4 Å². The Morgan fingerprint density at radius 1 is 1.46 bits per heavy atom. The van der Waals surface area contributed by atoms with Crippen molar-refractivity contribution in [1.29, 1.82) is 0 Å². The highest BCUT2D eigenvalue weighted by Gasteiger charge is 2.35. The van der Waals surface area contributed by atoms with Crippen molar-refractivity contribution in [2.45, 2.75) is 31.9 Å². The molecule has 2 aliphatic rings. The molecule has 1 aromatic heterocycles. The second-order valence-electron chi connectivity index (χ2n) is 6.72. The largest absolute Gasteiger partial charge is 0.495 e. The van der Waals surface area contributed by atoms with Crippen LogP contribution in [0, 0.1) is 0 Å². The number of fused-ring (bicyclic) bond motifs is 1. The zero-order valence-corrected chi connectivity index (χ0v) is 16.4. The van der Waals surface area contributed by atoms with Gasteiger partial charge in [-0.25, -0.2) is 9.48 Å². The average Bonchev–Trinajstić information content (AvgIpc) is 3.36. The number of aromatic nitrogens is 3. The first-order chi connectivity index (χ1) is 13.6. The third-order valence-electron chi connectivity index (χ3n) is 4.93. The molecule has 8 nitrogen and oxygen atoms in total. The van der Waals surface area contributed by atoms with Gasteiger partial charge < -0.3 is 19.5 Å². The number of methoxy groups -OCH3 is 1. The Morgan fingerprint density at radius 3 is 3.04 bits per heavy atom. The Hall–Kier alpha value is -2.58. The molecule has 1 aromatic carbocycles. The molecule has 148 valence electrons. The van der Waals surface area contributed by atoms with Crippen molar-refractivity contribution in [1.82, 2.24) is 14.8 Å². The van der Waals surface area contributed by atoms with Crippen molar-refractivity contribution in [2.24, 2.45) is 0 Å². The van der Waals surface area contributed by atoms with Crippen LogP contribution in [0.1, 0.15) is 31.4 Å². The maximum atomic E-state index is 13.0. The molecule has 1 N–H and O–H groups in total. The molecular formula is C19H21ClN4O4. The van der Waals surface area contributed by atoms with E-state index in [9.17, 15) is 4.79 Å². The molecular weight excluding hydrogens is 384 g/mol. The molecule has 2 atom stereocenters. The van der Waals surface area contributed by atoms with E-state index >= 15 is 0 Å². The van der Waals surface area contributed by atoms with Crippen LogP contribution < -0.4 is 10.1 Å². The summed E-state index contributed by atoms with van der Waals surface area (Å²) in [5, 5.41) is 7.86. The Balaban J connectivity index is 1.67. The van der Waals surface area contributed by atoms with Crippen LogP contribution in [0.5, 0.6) is 5.75 Å². The fourth-order valence-electron chi connectivity index (χ4n) is 3.54. The number of carbonyl (C=O) groups is 1. The second kappa shape index (κ2) is 7.81. The summed E-state index contributed by atoms with van der Waals surface area (Å²) >= 11 is 6.33. The molecule has 0 amide bonds. The van der Waals surface area contributed by atoms with E-state index in [1.54, 1.807) is 23.9 Å². The van der Waals surface area contributed by atoms with Gasteiger partial charge in [-0.3, -0.25) is 0 Å². The predicted molar refractivity (Wildman–Crippen MR) is 102 cm³/mol. The molecule has 0 spiro atoms. The fourth-order valence-corrected chi connectivity index (χ4v) is 3.80. The predicted octanol–water partition coefficient (Wildman–Crippen LogP) is 2.95. The number of anilines is 1. The first-order valence-electron chi connectivity index (χ1n) is 9.08. The SMILES string of the molecule is COc1ccc(C2C(C(=O)OCC3CCCO3)=C(C)Nc3ncnn32)cc1Cl. The van der Waals surface area contributed by atoms with Crippen molar-refractivity contribution >= 4 is 23.5 Å². The van der Waals surface area contributed by atoms with Gasteiger partial charge in [-0.05, 0) is 37.5 Å². The topological polar surface area (TPSA) is 87.5 Å². The molecule has 0 radical (unpaired) electrons. The van der Waals surface area contributed by atoms with Crippen LogP contribution in [-0.4, -0.2) is 47.2 Å². The maximum absolute atomic E-state index is 13.0. The standard InChI is InChI=1S/C19H21ClN4O4/c1-11-16(18(25)28-9-13-4-3-7-27-13)17(24-19(23-11)21-10-22-24)12-5-6-15(26-2)14(20)8-12/h5-6,8,10,13,17H,3-4,7,9H2,1-2H3,(H,21,22,23).